The first-order valence-corrected chi connectivity index (χ1v) is 10.8. The molecule has 30 heavy (non-hydrogen) atoms. The Balaban J connectivity index is 1.42. The summed E-state index contributed by atoms with van der Waals surface area (Å²) < 4.78 is 6.02. The highest BCUT2D eigenvalue weighted by molar-refractivity contribution is 6.30. The van der Waals surface area contributed by atoms with Crippen molar-refractivity contribution in [3.05, 3.63) is 59.1 Å². The van der Waals surface area contributed by atoms with Crippen molar-refractivity contribution < 1.29 is 14.3 Å². The van der Waals surface area contributed by atoms with Gasteiger partial charge in [-0.25, -0.2) is 0 Å². The van der Waals surface area contributed by atoms with E-state index >= 15 is 0 Å². The van der Waals surface area contributed by atoms with E-state index in [1.165, 1.54) is 0 Å². The minimum Gasteiger partial charge on any atom is -0.477 e. The number of amides is 2. The Bertz CT molecular complexity index is 897. The Kier molecular flexibility index (Phi) is 6.43. The zero-order chi connectivity index (χ0) is 20.9. The van der Waals surface area contributed by atoms with Crippen LogP contribution in [0.25, 0.3) is 0 Å². The second-order valence-electron chi connectivity index (χ2n) is 7.74. The minimum absolute atomic E-state index is 0.00998. The van der Waals surface area contributed by atoms with E-state index in [0.29, 0.717) is 23.9 Å². The summed E-state index contributed by atoms with van der Waals surface area (Å²) in [5.74, 6) is 0.547. The largest absolute Gasteiger partial charge is 0.477 e. The van der Waals surface area contributed by atoms with E-state index in [4.69, 9.17) is 16.3 Å². The van der Waals surface area contributed by atoms with Gasteiger partial charge in [-0.3, -0.25) is 9.59 Å². The number of ether oxygens (including phenoxy) is 1. The maximum atomic E-state index is 13.0. The summed E-state index contributed by atoms with van der Waals surface area (Å²) in [6, 6.07) is 14.9. The van der Waals surface area contributed by atoms with Crippen LogP contribution in [0.5, 0.6) is 5.75 Å². The predicted molar refractivity (Wildman–Crippen MR) is 117 cm³/mol. The third kappa shape index (κ3) is 4.87. The van der Waals surface area contributed by atoms with Crippen molar-refractivity contribution in [2.45, 2.75) is 31.9 Å². The highest BCUT2D eigenvalue weighted by Crippen LogP contribution is 2.33. The summed E-state index contributed by atoms with van der Waals surface area (Å²) in [6.45, 7) is 2.51. The van der Waals surface area contributed by atoms with E-state index in [-0.39, 0.29) is 18.4 Å². The Morgan fingerprint density at radius 3 is 2.53 bits per heavy atom. The quantitative estimate of drug-likeness (QED) is 0.795. The molecule has 7 heteroatoms. The highest BCUT2D eigenvalue weighted by atomic mass is 35.5. The first-order chi connectivity index (χ1) is 14.6. The van der Waals surface area contributed by atoms with Gasteiger partial charge in [0.25, 0.3) is 5.91 Å². The smallest absolute Gasteiger partial charge is 0.265 e. The molecule has 6 nitrogen and oxygen atoms in total. The first-order valence-electron chi connectivity index (χ1n) is 10.4. The number of rotatable bonds is 5. The molecule has 0 aromatic heterocycles. The number of nitrogens with one attached hydrogen (secondary N) is 1. The van der Waals surface area contributed by atoms with Gasteiger partial charge in [-0.15, -0.1) is 0 Å². The fourth-order valence-corrected chi connectivity index (χ4v) is 4.06. The third-order valence-electron chi connectivity index (χ3n) is 5.54. The van der Waals surface area contributed by atoms with Crippen LogP contribution in [0.2, 0.25) is 5.02 Å². The van der Waals surface area contributed by atoms with Gasteiger partial charge in [0.2, 0.25) is 5.91 Å². The van der Waals surface area contributed by atoms with Crippen LogP contribution < -0.4 is 15.0 Å². The number of likely N-dealkylation sites (tertiary alicyclic amines) is 1. The molecule has 1 N–H and O–H groups in total. The molecule has 2 aliphatic rings. The SMILES string of the molecule is O=C(CN1CC(C(=O)N2CCCCC2)Oc2ccccc21)NCc1ccc(Cl)cc1. The molecule has 1 unspecified atom stereocenters. The molecule has 158 valence electrons. The van der Waals surface area contributed by atoms with Crippen LogP contribution in [0.3, 0.4) is 0 Å². The summed E-state index contributed by atoms with van der Waals surface area (Å²) in [4.78, 5) is 29.4. The molecule has 2 aromatic rings. The Hall–Kier alpha value is -2.73. The van der Waals surface area contributed by atoms with Gasteiger partial charge in [-0.05, 0) is 49.1 Å². The molecule has 2 aromatic carbocycles. The zero-order valence-electron chi connectivity index (χ0n) is 16.9. The van der Waals surface area contributed by atoms with Gasteiger partial charge >= 0.3 is 0 Å². The lowest BCUT2D eigenvalue weighted by Crippen LogP contribution is -2.53. The molecule has 0 spiro atoms. The van der Waals surface area contributed by atoms with Crippen LogP contribution in [0, 0.1) is 0 Å². The van der Waals surface area contributed by atoms with E-state index in [1.54, 1.807) is 12.1 Å². The maximum Gasteiger partial charge on any atom is 0.265 e. The number of halogens is 1. The van der Waals surface area contributed by atoms with Gasteiger partial charge in [-0.2, -0.15) is 0 Å². The standard InChI is InChI=1S/C23H26ClN3O3/c24-18-10-8-17(9-11-18)14-25-22(28)16-27-15-21(23(29)26-12-4-1-5-13-26)30-20-7-3-2-6-19(20)27/h2-3,6-11,21H,1,4-5,12-16H2,(H,25,28). The highest BCUT2D eigenvalue weighted by Gasteiger charge is 2.34. The number of carbonyl (C=O) groups excluding carboxylic acids is 2. The number of hydrogen-bond acceptors (Lipinski definition) is 4. The van der Waals surface area contributed by atoms with Crippen LogP contribution in [0.4, 0.5) is 5.69 Å². The summed E-state index contributed by atoms with van der Waals surface area (Å²) >= 11 is 5.91. The average Bonchev–Trinajstić information content (AvgIpc) is 2.78. The molecule has 1 saturated heterocycles. The van der Waals surface area contributed by atoms with Gasteiger partial charge in [0, 0.05) is 24.7 Å². The Morgan fingerprint density at radius 2 is 1.77 bits per heavy atom. The van der Waals surface area contributed by atoms with Gasteiger partial charge in [-0.1, -0.05) is 35.9 Å². The molecule has 2 heterocycles. The van der Waals surface area contributed by atoms with Crippen LogP contribution >= 0.6 is 11.6 Å². The van der Waals surface area contributed by atoms with E-state index in [1.807, 2.05) is 46.2 Å². The topological polar surface area (TPSA) is 61.9 Å². The molecule has 1 atom stereocenters. The number of carbonyl (C=O) groups is 2. The van der Waals surface area contributed by atoms with Crippen molar-refractivity contribution in [2.24, 2.45) is 0 Å². The fourth-order valence-electron chi connectivity index (χ4n) is 3.94. The van der Waals surface area contributed by atoms with Crippen molar-refractivity contribution in [1.82, 2.24) is 10.2 Å². The number of piperidine rings is 1. The summed E-state index contributed by atoms with van der Waals surface area (Å²) in [5.41, 5.74) is 1.81. The molecule has 0 radical (unpaired) electrons. The van der Waals surface area contributed by atoms with E-state index < -0.39 is 6.10 Å². The number of hydrogen-bond donors (Lipinski definition) is 1. The van der Waals surface area contributed by atoms with Gasteiger partial charge in [0.05, 0.1) is 18.8 Å². The van der Waals surface area contributed by atoms with E-state index in [9.17, 15) is 9.59 Å². The van der Waals surface area contributed by atoms with Crippen LogP contribution in [-0.4, -0.2) is 49.0 Å². The second kappa shape index (κ2) is 9.39. The molecule has 4 rings (SSSR count). The summed E-state index contributed by atoms with van der Waals surface area (Å²) in [6.07, 6.45) is 2.64. The molecular weight excluding hydrogens is 402 g/mol. The number of benzene rings is 2. The molecular formula is C23H26ClN3O3. The van der Waals surface area contributed by atoms with E-state index in [0.717, 1.165) is 43.6 Å². The average molecular weight is 428 g/mol. The zero-order valence-corrected chi connectivity index (χ0v) is 17.6. The van der Waals surface area contributed by atoms with Crippen molar-refractivity contribution in [3.8, 4) is 5.75 Å². The van der Waals surface area contributed by atoms with Gasteiger partial charge in [0.15, 0.2) is 6.10 Å². The minimum atomic E-state index is -0.595. The lowest BCUT2D eigenvalue weighted by Gasteiger charge is -2.38. The molecule has 2 amide bonds. The normalized spacial score (nSPS) is 18.4. The lowest BCUT2D eigenvalue weighted by molar-refractivity contribution is -0.139. The van der Waals surface area contributed by atoms with Crippen LogP contribution in [0.1, 0.15) is 24.8 Å². The predicted octanol–water partition coefficient (Wildman–Crippen LogP) is 3.24. The fraction of sp³-hybridized carbons (Fsp3) is 0.391. The van der Waals surface area contributed by atoms with Gasteiger partial charge < -0.3 is 19.9 Å². The van der Waals surface area contributed by atoms with Crippen molar-refractivity contribution >= 4 is 29.1 Å². The van der Waals surface area contributed by atoms with Crippen LogP contribution in [0.15, 0.2) is 48.5 Å². The van der Waals surface area contributed by atoms with E-state index in [2.05, 4.69) is 5.32 Å². The number of nitrogens with zero attached hydrogens (tertiary/aromatic N) is 2. The van der Waals surface area contributed by atoms with Crippen LogP contribution in [-0.2, 0) is 16.1 Å². The molecule has 0 saturated carbocycles. The van der Waals surface area contributed by atoms with Gasteiger partial charge in [0.1, 0.15) is 5.75 Å². The van der Waals surface area contributed by atoms with Crippen molar-refractivity contribution in [3.63, 3.8) is 0 Å². The second-order valence-corrected chi connectivity index (χ2v) is 8.18. The monoisotopic (exact) mass is 427 g/mol. The molecule has 0 aliphatic carbocycles. The van der Waals surface area contributed by atoms with Crippen molar-refractivity contribution in [1.29, 1.82) is 0 Å². The molecule has 1 fully saturated rings. The Labute approximate surface area is 181 Å². The van der Waals surface area contributed by atoms with Crippen molar-refractivity contribution in [2.75, 3.05) is 31.1 Å². The summed E-state index contributed by atoms with van der Waals surface area (Å²) in [7, 11) is 0. The number of para-hydroxylation sites is 2. The molecule has 0 bridgehead atoms. The lowest BCUT2D eigenvalue weighted by atomic mass is 10.1. The Morgan fingerprint density at radius 1 is 1.03 bits per heavy atom. The number of anilines is 1. The molecule has 2 aliphatic heterocycles. The third-order valence-corrected chi connectivity index (χ3v) is 5.79. The summed E-state index contributed by atoms with van der Waals surface area (Å²) in [5, 5.41) is 3.61. The first kappa shape index (κ1) is 20.5. The number of fused-ring (bicyclic) bond motifs is 1. The maximum absolute atomic E-state index is 13.0.